The largest absolute Gasteiger partial charge is 0.493 e. The number of amides is 4. The second-order valence-corrected chi connectivity index (χ2v) is 12.4. The Morgan fingerprint density at radius 1 is 0.940 bits per heavy atom. The van der Waals surface area contributed by atoms with Gasteiger partial charge in [0.25, 0.3) is 17.7 Å². The van der Waals surface area contributed by atoms with Crippen LogP contribution in [0.4, 0.5) is 22.9 Å². The number of carbonyl (C=O) groups is 4. The van der Waals surface area contributed by atoms with Gasteiger partial charge in [-0.15, -0.1) is 0 Å². The van der Waals surface area contributed by atoms with Crippen molar-refractivity contribution in [2.45, 2.75) is 32.2 Å². The van der Waals surface area contributed by atoms with E-state index in [4.69, 9.17) is 9.47 Å². The summed E-state index contributed by atoms with van der Waals surface area (Å²) in [4.78, 5) is 62.4. The van der Waals surface area contributed by atoms with Crippen LogP contribution in [0.5, 0.6) is 11.5 Å². The molecule has 0 radical (unpaired) electrons. The molecule has 50 heavy (non-hydrogen) atoms. The van der Waals surface area contributed by atoms with Crippen molar-refractivity contribution < 1.29 is 28.7 Å². The normalized spacial score (nSPS) is 15.0. The number of fused-ring (bicyclic) bond motifs is 2. The van der Waals surface area contributed by atoms with Gasteiger partial charge in [-0.25, -0.2) is 4.98 Å². The Labute approximate surface area is 288 Å². The molecule has 2 aliphatic rings. The van der Waals surface area contributed by atoms with Crippen LogP contribution in [-0.2, 0) is 25.9 Å². The number of imidazole rings is 1. The summed E-state index contributed by atoms with van der Waals surface area (Å²) >= 11 is 0. The van der Waals surface area contributed by atoms with E-state index >= 15 is 0 Å². The molecule has 2 aliphatic heterocycles. The number of hydrogen-bond donors (Lipinski definition) is 3. The molecule has 0 bridgehead atoms. The molecule has 15 heteroatoms. The number of aliphatic imine (C=N–C) groups is 1. The van der Waals surface area contributed by atoms with E-state index in [1.165, 1.54) is 17.9 Å². The number of anilines is 3. The molecule has 4 aromatic rings. The smallest absolute Gasteiger partial charge is 0.291 e. The van der Waals surface area contributed by atoms with Gasteiger partial charge in [-0.1, -0.05) is 12.2 Å². The zero-order valence-electron chi connectivity index (χ0n) is 28.6. The monoisotopic (exact) mass is 681 g/mol. The van der Waals surface area contributed by atoms with Crippen LogP contribution in [0.2, 0.25) is 0 Å². The van der Waals surface area contributed by atoms with Crippen molar-refractivity contribution in [3.05, 3.63) is 77.8 Å². The summed E-state index contributed by atoms with van der Waals surface area (Å²) in [6.07, 6.45) is 7.94. The van der Waals surface area contributed by atoms with E-state index in [1.807, 2.05) is 30.8 Å². The van der Waals surface area contributed by atoms with Crippen molar-refractivity contribution >= 4 is 52.7 Å². The Morgan fingerprint density at radius 3 is 2.42 bits per heavy atom. The number of benzene rings is 1. The highest BCUT2D eigenvalue weighted by atomic mass is 16.5. The van der Waals surface area contributed by atoms with Gasteiger partial charge in [0.05, 0.1) is 42.4 Å². The topological polar surface area (TPSA) is 166 Å². The quantitative estimate of drug-likeness (QED) is 0.158. The lowest BCUT2D eigenvalue weighted by molar-refractivity contribution is -0.116. The van der Waals surface area contributed by atoms with Crippen molar-refractivity contribution in [1.82, 2.24) is 23.6 Å². The average Bonchev–Trinajstić information content (AvgIpc) is 3.81. The summed E-state index contributed by atoms with van der Waals surface area (Å²) < 4.78 is 16.5. The van der Waals surface area contributed by atoms with Crippen LogP contribution in [-0.4, -0.2) is 79.7 Å². The molecule has 0 aliphatic carbocycles. The predicted octanol–water partition coefficient (Wildman–Crippen LogP) is 4.20. The van der Waals surface area contributed by atoms with Crippen molar-refractivity contribution in [3.63, 3.8) is 0 Å². The predicted molar refractivity (Wildman–Crippen MR) is 188 cm³/mol. The summed E-state index contributed by atoms with van der Waals surface area (Å²) in [6, 6.07) is 6.63. The second-order valence-electron chi connectivity index (χ2n) is 12.4. The fourth-order valence-electron chi connectivity index (χ4n) is 5.95. The SMILES string of the molecule is C=C1C[C@H]2C=Nc3cc(OCCCC(=O)Nc4cn(C)c(C(=O)Nc5cc(C(=O)Nc6cc(C)n(C)c6)n(C)c5)n4)c(OC)cc3C(=O)N2C1. The van der Waals surface area contributed by atoms with Crippen molar-refractivity contribution in [2.75, 3.05) is 36.2 Å². The first-order chi connectivity index (χ1) is 23.9. The van der Waals surface area contributed by atoms with E-state index in [-0.39, 0.29) is 48.4 Å². The maximum absolute atomic E-state index is 13.2. The summed E-state index contributed by atoms with van der Waals surface area (Å²) in [5, 5.41) is 8.34. The molecule has 0 saturated carbocycles. The minimum atomic E-state index is -0.510. The number of nitrogens with one attached hydrogen (secondary N) is 3. The van der Waals surface area contributed by atoms with E-state index < -0.39 is 5.91 Å². The lowest BCUT2D eigenvalue weighted by Crippen LogP contribution is -2.35. The molecule has 6 rings (SSSR count). The van der Waals surface area contributed by atoms with Gasteiger partial charge in [0, 0.05) is 70.7 Å². The molecule has 3 aromatic heterocycles. The lowest BCUT2D eigenvalue weighted by Gasteiger charge is -2.20. The zero-order valence-corrected chi connectivity index (χ0v) is 28.6. The van der Waals surface area contributed by atoms with Gasteiger partial charge in [-0.05, 0) is 38.0 Å². The van der Waals surface area contributed by atoms with Gasteiger partial charge >= 0.3 is 0 Å². The third-order valence-corrected chi connectivity index (χ3v) is 8.61. The second kappa shape index (κ2) is 13.8. The minimum Gasteiger partial charge on any atom is -0.493 e. The van der Waals surface area contributed by atoms with Crippen LogP contribution in [0.25, 0.3) is 0 Å². The highest BCUT2D eigenvalue weighted by Gasteiger charge is 2.34. The summed E-state index contributed by atoms with van der Waals surface area (Å²) in [5.41, 5.74) is 4.36. The minimum absolute atomic E-state index is 0.0695. The van der Waals surface area contributed by atoms with Crippen molar-refractivity contribution in [2.24, 2.45) is 26.1 Å². The van der Waals surface area contributed by atoms with E-state index in [9.17, 15) is 19.2 Å². The first-order valence-electron chi connectivity index (χ1n) is 16.0. The van der Waals surface area contributed by atoms with Crippen LogP contribution in [0, 0.1) is 6.92 Å². The molecule has 4 amide bonds. The number of ether oxygens (including phenoxy) is 2. The Balaban J connectivity index is 1.00. The Bertz CT molecular complexity index is 2030. The van der Waals surface area contributed by atoms with E-state index in [2.05, 4.69) is 32.5 Å². The molecule has 1 atom stereocenters. The Kier molecular flexibility index (Phi) is 9.31. The molecule has 15 nitrogen and oxygen atoms in total. The summed E-state index contributed by atoms with van der Waals surface area (Å²) in [6.45, 7) is 6.64. The number of carbonyl (C=O) groups excluding carboxylic acids is 4. The molecule has 0 unspecified atom stereocenters. The fourth-order valence-corrected chi connectivity index (χ4v) is 5.95. The number of hydrogen-bond acceptors (Lipinski definition) is 8. The summed E-state index contributed by atoms with van der Waals surface area (Å²) in [7, 11) is 6.74. The molecular weight excluding hydrogens is 642 g/mol. The van der Waals surface area contributed by atoms with Gasteiger partial charge < -0.3 is 44.0 Å². The van der Waals surface area contributed by atoms with Crippen LogP contribution in [0.3, 0.4) is 0 Å². The van der Waals surface area contributed by atoms with Gasteiger partial charge in [0.1, 0.15) is 5.69 Å². The molecule has 1 aromatic carbocycles. The highest BCUT2D eigenvalue weighted by Crippen LogP contribution is 2.38. The standard InChI is InChI=1S/C35H39N9O6/c1-20-10-24-15-36-26-14-29(28(49-6)13-25(26)35(48)44(24)16-20)50-9-7-8-31(45)39-30-19-43(5)32(40-30)34(47)38-23-12-27(42(4)18-23)33(46)37-22-11-21(2)41(3)17-22/h11-15,17-19,24H,1,7-10,16H2,2-6H3,(H,37,46)(H,38,47)(H,39,45)/t24-/m0/s1. The number of aryl methyl sites for hydroxylation is 4. The van der Waals surface area contributed by atoms with Crippen molar-refractivity contribution in [3.8, 4) is 11.5 Å². The molecule has 5 heterocycles. The van der Waals surface area contributed by atoms with E-state index in [1.54, 1.807) is 54.2 Å². The number of aromatic nitrogens is 4. The van der Waals surface area contributed by atoms with Crippen molar-refractivity contribution in [1.29, 1.82) is 0 Å². The molecule has 1 saturated heterocycles. The fraction of sp³-hybridized carbons (Fsp3) is 0.314. The maximum atomic E-state index is 13.2. The third kappa shape index (κ3) is 7.02. The average molecular weight is 682 g/mol. The molecule has 1 fully saturated rings. The van der Waals surface area contributed by atoms with Crippen LogP contribution < -0.4 is 25.4 Å². The number of methoxy groups -OCH3 is 1. The van der Waals surface area contributed by atoms with Gasteiger partial charge in [0.2, 0.25) is 11.7 Å². The summed E-state index contributed by atoms with van der Waals surface area (Å²) in [5.74, 6) is -0.173. The van der Waals surface area contributed by atoms with E-state index in [0.717, 1.165) is 11.3 Å². The number of rotatable bonds is 11. The van der Waals surface area contributed by atoms with Gasteiger partial charge in [-0.3, -0.25) is 24.2 Å². The Hall–Kier alpha value is -6.12. The van der Waals surface area contributed by atoms with Crippen LogP contribution >= 0.6 is 0 Å². The van der Waals surface area contributed by atoms with Crippen LogP contribution in [0.15, 0.2) is 60.0 Å². The lowest BCUT2D eigenvalue weighted by atomic mass is 10.1. The maximum Gasteiger partial charge on any atom is 0.291 e. The van der Waals surface area contributed by atoms with Gasteiger partial charge in [0.15, 0.2) is 17.3 Å². The van der Waals surface area contributed by atoms with E-state index in [0.29, 0.717) is 59.2 Å². The molecule has 3 N–H and O–H groups in total. The first kappa shape index (κ1) is 33.8. The van der Waals surface area contributed by atoms with Gasteiger partial charge in [-0.2, -0.15) is 0 Å². The van der Waals surface area contributed by atoms with Crippen LogP contribution in [0.1, 0.15) is 56.4 Å². The Morgan fingerprint density at radius 2 is 1.68 bits per heavy atom. The highest BCUT2D eigenvalue weighted by molar-refractivity contribution is 6.06. The molecular formula is C35H39N9O6. The zero-order chi connectivity index (χ0) is 35.7. The first-order valence-corrected chi connectivity index (χ1v) is 16.0. The third-order valence-electron chi connectivity index (χ3n) is 8.61. The molecule has 260 valence electrons. The number of nitrogens with zero attached hydrogens (tertiary/aromatic N) is 6. The molecule has 0 spiro atoms.